The first-order chi connectivity index (χ1) is 12.5. The van der Waals surface area contributed by atoms with Gasteiger partial charge in [-0.05, 0) is 31.4 Å². The molecular formula is C19H25N3O3S. The zero-order chi connectivity index (χ0) is 18.7. The third-order valence-corrected chi connectivity index (χ3v) is 6.38. The Labute approximate surface area is 158 Å². The molecule has 2 saturated heterocycles. The molecule has 1 unspecified atom stereocenters. The van der Waals surface area contributed by atoms with Gasteiger partial charge in [-0.15, -0.1) is 0 Å². The van der Waals surface area contributed by atoms with Crippen molar-refractivity contribution >= 4 is 29.6 Å². The monoisotopic (exact) mass is 375 g/mol. The maximum absolute atomic E-state index is 12.8. The van der Waals surface area contributed by atoms with Crippen LogP contribution in [0.4, 0.5) is 4.79 Å². The number of rotatable bonds is 2. The van der Waals surface area contributed by atoms with Gasteiger partial charge in [-0.3, -0.25) is 14.5 Å². The van der Waals surface area contributed by atoms with Crippen LogP contribution in [-0.4, -0.2) is 71.0 Å². The van der Waals surface area contributed by atoms with E-state index in [4.69, 9.17) is 0 Å². The van der Waals surface area contributed by atoms with Gasteiger partial charge >= 0.3 is 17.8 Å². The Morgan fingerprint density at radius 1 is 1.12 bits per heavy atom. The van der Waals surface area contributed by atoms with E-state index in [1.165, 1.54) is 16.0 Å². The van der Waals surface area contributed by atoms with E-state index in [0.29, 0.717) is 31.4 Å². The maximum Gasteiger partial charge on any atom is 0.327 e. The lowest BCUT2D eigenvalue weighted by Gasteiger charge is -2.34. The fourth-order valence-corrected chi connectivity index (χ4v) is 4.81. The summed E-state index contributed by atoms with van der Waals surface area (Å²) >= 11 is 1.85. The largest absolute Gasteiger partial charge is 0.333 e. The van der Waals surface area contributed by atoms with Crippen LogP contribution >= 0.6 is 11.8 Å². The van der Waals surface area contributed by atoms with E-state index >= 15 is 0 Å². The molecule has 1 aromatic carbocycles. The highest BCUT2D eigenvalue weighted by atomic mass is 32.2. The summed E-state index contributed by atoms with van der Waals surface area (Å²) in [5.74, 6) is -0.452. The molecule has 7 heteroatoms. The van der Waals surface area contributed by atoms with E-state index in [1.54, 1.807) is 4.90 Å². The van der Waals surface area contributed by atoms with E-state index in [9.17, 15) is 14.4 Å². The van der Waals surface area contributed by atoms with Gasteiger partial charge in [-0.1, -0.05) is 24.3 Å². The molecule has 2 fully saturated rings. The molecule has 2 aliphatic rings. The summed E-state index contributed by atoms with van der Waals surface area (Å²) in [4.78, 5) is 41.5. The van der Waals surface area contributed by atoms with Crippen molar-refractivity contribution in [2.45, 2.75) is 25.5 Å². The van der Waals surface area contributed by atoms with E-state index < -0.39 is 11.8 Å². The molecule has 0 aromatic heterocycles. The number of hydrogen-bond acceptors (Lipinski definition) is 4. The molecule has 0 radical (unpaired) electrons. The second-order valence-electron chi connectivity index (χ2n) is 6.62. The topological polar surface area (TPSA) is 60.9 Å². The van der Waals surface area contributed by atoms with Crippen LogP contribution in [0.1, 0.15) is 29.7 Å². The minimum atomic E-state index is -0.699. The van der Waals surface area contributed by atoms with Crippen molar-refractivity contribution in [3.8, 4) is 0 Å². The van der Waals surface area contributed by atoms with Crippen molar-refractivity contribution in [2.75, 3.05) is 38.5 Å². The van der Waals surface area contributed by atoms with Crippen LogP contribution in [0.3, 0.4) is 0 Å². The number of imide groups is 1. The number of carbonyl (C=O) groups excluding carboxylic acids is 3. The van der Waals surface area contributed by atoms with Gasteiger partial charge in [0.05, 0.1) is 0 Å². The highest BCUT2D eigenvalue weighted by Crippen LogP contribution is 2.36. The van der Waals surface area contributed by atoms with Crippen molar-refractivity contribution in [1.29, 1.82) is 0 Å². The van der Waals surface area contributed by atoms with Crippen LogP contribution in [0.15, 0.2) is 24.3 Å². The van der Waals surface area contributed by atoms with Crippen molar-refractivity contribution in [3.63, 3.8) is 0 Å². The zero-order valence-corrected chi connectivity index (χ0v) is 16.1. The number of hydrogen-bond donors (Lipinski definition) is 0. The number of aryl methyl sites for hydroxylation is 1. The van der Waals surface area contributed by atoms with E-state index in [1.807, 2.05) is 30.8 Å². The molecule has 26 heavy (non-hydrogen) atoms. The van der Waals surface area contributed by atoms with Gasteiger partial charge in [0.1, 0.15) is 0 Å². The lowest BCUT2D eigenvalue weighted by Crippen LogP contribution is -2.58. The van der Waals surface area contributed by atoms with Crippen LogP contribution in [0.2, 0.25) is 0 Å². The maximum atomic E-state index is 12.8. The van der Waals surface area contributed by atoms with Crippen molar-refractivity contribution < 1.29 is 14.4 Å². The fraction of sp³-hybridized carbons (Fsp3) is 0.526. The summed E-state index contributed by atoms with van der Waals surface area (Å²) in [7, 11) is 0. The second kappa shape index (κ2) is 8.12. The molecule has 0 saturated carbocycles. The predicted molar refractivity (Wildman–Crippen MR) is 102 cm³/mol. The summed E-state index contributed by atoms with van der Waals surface area (Å²) in [6.45, 7) is 6.33. The minimum absolute atomic E-state index is 0.280. The van der Waals surface area contributed by atoms with Crippen LogP contribution in [0.5, 0.6) is 0 Å². The molecule has 6 nitrogen and oxygen atoms in total. The Hall–Kier alpha value is -2.02. The number of urea groups is 1. The molecule has 3 rings (SSSR count). The zero-order valence-electron chi connectivity index (χ0n) is 15.3. The first-order valence-electron chi connectivity index (χ1n) is 9.09. The number of amides is 4. The summed E-state index contributed by atoms with van der Waals surface area (Å²) < 4.78 is 0. The van der Waals surface area contributed by atoms with Gasteiger partial charge in [0.25, 0.3) is 0 Å². The van der Waals surface area contributed by atoms with Crippen molar-refractivity contribution in [2.24, 2.45) is 0 Å². The number of thioether (sulfide) groups is 1. The highest BCUT2D eigenvalue weighted by Gasteiger charge is 2.37. The molecule has 1 atom stereocenters. The van der Waals surface area contributed by atoms with Crippen molar-refractivity contribution in [3.05, 3.63) is 35.4 Å². The number of piperazine rings is 1. The lowest BCUT2D eigenvalue weighted by molar-refractivity contribution is -0.153. The van der Waals surface area contributed by atoms with Crippen LogP contribution < -0.4 is 0 Å². The quantitative estimate of drug-likeness (QED) is 0.744. The number of likely N-dealkylation sites (N-methyl/N-ethyl adjacent to an activating group) is 1. The fourth-order valence-electron chi connectivity index (χ4n) is 3.49. The molecule has 0 N–H and O–H groups in total. The Bertz CT molecular complexity index is 709. The molecule has 2 heterocycles. The summed E-state index contributed by atoms with van der Waals surface area (Å²) in [5.41, 5.74) is 2.58. The third kappa shape index (κ3) is 3.72. The van der Waals surface area contributed by atoms with Gasteiger partial charge in [0.2, 0.25) is 0 Å². The smallest absolute Gasteiger partial charge is 0.327 e. The molecule has 0 spiro atoms. The Morgan fingerprint density at radius 2 is 1.88 bits per heavy atom. The van der Waals surface area contributed by atoms with E-state index in [-0.39, 0.29) is 12.6 Å². The Kier molecular flexibility index (Phi) is 5.86. The van der Waals surface area contributed by atoms with Gasteiger partial charge in [-0.2, -0.15) is 11.8 Å². The van der Waals surface area contributed by atoms with Crippen molar-refractivity contribution in [1.82, 2.24) is 14.7 Å². The number of carbonyl (C=O) groups is 3. The minimum Gasteiger partial charge on any atom is -0.333 e. The van der Waals surface area contributed by atoms with Gasteiger partial charge in [0, 0.05) is 43.7 Å². The van der Waals surface area contributed by atoms with Crippen LogP contribution in [0, 0.1) is 6.92 Å². The van der Waals surface area contributed by atoms with E-state index in [0.717, 1.165) is 17.1 Å². The SMILES string of the molecule is CCN1CCN(C(=O)N2CCSC(c3ccccc3C)CC2)C(=O)C1=O. The first kappa shape index (κ1) is 18.8. The summed E-state index contributed by atoms with van der Waals surface area (Å²) in [5, 5.41) is 0.350. The average Bonchev–Trinajstić information content (AvgIpc) is 2.90. The molecule has 140 valence electrons. The lowest BCUT2D eigenvalue weighted by atomic mass is 10.0. The van der Waals surface area contributed by atoms with Crippen LogP contribution in [-0.2, 0) is 9.59 Å². The first-order valence-corrected chi connectivity index (χ1v) is 10.1. The molecule has 4 amide bonds. The summed E-state index contributed by atoms with van der Waals surface area (Å²) in [6, 6.07) is 8.02. The Morgan fingerprint density at radius 3 is 2.62 bits per heavy atom. The van der Waals surface area contributed by atoms with Gasteiger partial charge in [0.15, 0.2) is 0 Å². The van der Waals surface area contributed by atoms with Crippen LogP contribution in [0.25, 0.3) is 0 Å². The molecule has 2 aliphatic heterocycles. The normalized spacial score (nSPS) is 21.8. The predicted octanol–water partition coefficient (Wildman–Crippen LogP) is 2.29. The molecule has 0 bridgehead atoms. The standard InChI is InChI=1S/C19H25N3O3S/c1-3-20-10-11-22(18(24)17(20)23)19(25)21-9-8-16(26-13-12-21)15-7-5-4-6-14(15)2/h4-7,16H,3,8-13H2,1-2H3. The average molecular weight is 375 g/mol. The highest BCUT2D eigenvalue weighted by molar-refractivity contribution is 7.99. The number of benzene rings is 1. The summed E-state index contributed by atoms with van der Waals surface area (Å²) in [6.07, 6.45) is 0.846. The molecule has 0 aliphatic carbocycles. The van der Waals surface area contributed by atoms with Gasteiger partial charge in [-0.25, -0.2) is 4.79 Å². The third-order valence-electron chi connectivity index (χ3n) is 5.07. The molecular weight excluding hydrogens is 350 g/mol. The number of nitrogens with zero attached hydrogens (tertiary/aromatic N) is 3. The second-order valence-corrected chi connectivity index (χ2v) is 7.93. The van der Waals surface area contributed by atoms with E-state index in [2.05, 4.69) is 19.1 Å². The molecule has 1 aromatic rings. The van der Waals surface area contributed by atoms with Gasteiger partial charge < -0.3 is 9.80 Å². The Balaban J connectivity index is 1.66.